The zero-order chi connectivity index (χ0) is 66.4. The second kappa shape index (κ2) is 34.7. The van der Waals surface area contributed by atoms with E-state index in [2.05, 4.69) is 38.1 Å². The molecule has 0 unspecified atom stereocenters. The third-order valence-electron chi connectivity index (χ3n) is 15.9. The van der Waals surface area contributed by atoms with Gasteiger partial charge in [0.05, 0.1) is 26.4 Å². The van der Waals surface area contributed by atoms with Gasteiger partial charge in [-0.05, 0) is 181 Å². The summed E-state index contributed by atoms with van der Waals surface area (Å²) in [7, 11) is 3.19. The fraction of sp³-hybridized carbons (Fsp3) is 0.471. The van der Waals surface area contributed by atoms with Crippen LogP contribution >= 0.6 is 47.0 Å². The molecule has 24 heteroatoms. The molecule has 2 aliphatic rings. The lowest BCUT2D eigenvalue weighted by atomic mass is 9.68. The summed E-state index contributed by atoms with van der Waals surface area (Å²) in [6, 6.07) is 41.8. The zero-order valence-electron chi connectivity index (χ0n) is 51.6. The summed E-state index contributed by atoms with van der Waals surface area (Å²) < 4.78 is 170. The van der Waals surface area contributed by atoms with Crippen molar-refractivity contribution in [2.75, 3.05) is 88.8 Å². The Morgan fingerprint density at radius 3 is 1.20 bits per heavy atom. The van der Waals surface area contributed by atoms with Gasteiger partial charge in [0.25, 0.3) is 0 Å². The minimum absolute atomic E-state index is 0.141. The molecule has 0 saturated heterocycles. The van der Waals surface area contributed by atoms with Gasteiger partial charge >= 0.3 is 24.2 Å². The Morgan fingerprint density at radius 2 is 0.772 bits per heavy atom. The van der Waals surface area contributed by atoms with Crippen molar-refractivity contribution in [2.45, 2.75) is 122 Å². The first-order valence-electron chi connectivity index (χ1n) is 30.0. The summed E-state index contributed by atoms with van der Waals surface area (Å²) in [5.74, 6) is -1.15. The Hall–Kier alpha value is -5.66. The maximum absolute atomic E-state index is 13.0. The van der Waals surface area contributed by atoms with E-state index in [0.717, 1.165) is 59.1 Å². The number of halogens is 10. The van der Waals surface area contributed by atoms with Gasteiger partial charge in [-0.15, -0.1) is 23.5 Å². The van der Waals surface area contributed by atoms with Gasteiger partial charge in [-0.1, -0.05) is 50.2 Å². The lowest BCUT2D eigenvalue weighted by molar-refractivity contribution is -0.284. The number of rotatable bonds is 34. The van der Waals surface area contributed by atoms with Gasteiger partial charge in [0.1, 0.15) is 46.0 Å². The largest absolute Gasteiger partial charge is 0.508 e. The Morgan fingerprint density at radius 1 is 0.424 bits per heavy atom. The summed E-state index contributed by atoms with van der Waals surface area (Å²) in [5.41, 5.74) is 4.55. The number of phenols is 2. The van der Waals surface area contributed by atoms with E-state index in [1.807, 2.05) is 66.4 Å². The van der Waals surface area contributed by atoms with Gasteiger partial charge in [-0.25, -0.2) is 0 Å². The molecule has 2 aliphatic heterocycles. The lowest BCUT2D eigenvalue weighted by Gasteiger charge is -2.43. The van der Waals surface area contributed by atoms with E-state index >= 15 is 0 Å². The van der Waals surface area contributed by atoms with Crippen LogP contribution < -0.4 is 28.4 Å². The van der Waals surface area contributed by atoms with Crippen LogP contribution in [0.2, 0.25) is 0 Å². The highest BCUT2D eigenvalue weighted by atomic mass is 32.2. The minimum Gasteiger partial charge on any atom is -0.508 e. The zero-order valence-corrected chi connectivity index (χ0v) is 54.8. The van der Waals surface area contributed by atoms with Crippen molar-refractivity contribution in [3.05, 3.63) is 156 Å². The van der Waals surface area contributed by atoms with Crippen LogP contribution in [0.3, 0.4) is 0 Å². The maximum Gasteiger partial charge on any atom is 0.453 e. The van der Waals surface area contributed by atoms with Gasteiger partial charge in [0.2, 0.25) is 0 Å². The predicted molar refractivity (Wildman–Crippen MR) is 344 cm³/mol. The molecule has 10 nitrogen and oxygen atoms in total. The van der Waals surface area contributed by atoms with E-state index in [1.165, 1.54) is 45.1 Å². The first-order chi connectivity index (χ1) is 43.9. The van der Waals surface area contributed by atoms with Crippen LogP contribution in [0, 0.1) is 0 Å². The highest BCUT2D eigenvalue weighted by molar-refractivity contribution is 8.00. The van der Waals surface area contributed by atoms with E-state index in [1.54, 1.807) is 80.6 Å². The summed E-state index contributed by atoms with van der Waals surface area (Å²) in [6.07, 6.45) is -10.5. The Kier molecular flexibility index (Phi) is 27.8. The summed E-state index contributed by atoms with van der Waals surface area (Å²) >= 11 is 6.11. The van der Waals surface area contributed by atoms with Crippen molar-refractivity contribution < 1.29 is 92.0 Å². The molecular formula is C68H78F10O10S4. The van der Waals surface area contributed by atoms with Crippen LogP contribution in [0.25, 0.3) is 0 Å². The number of fused-ring (bicyclic) bond motifs is 2. The first kappa shape index (κ1) is 73.7. The van der Waals surface area contributed by atoms with Crippen LogP contribution in [0.5, 0.6) is 46.0 Å². The number of benzene rings is 6. The van der Waals surface area contributed by atoms with Crippen molar-refractivity contribution in [3.63, 3.8) is 0 Å². The molecular weight excluding hydrogens is 1290 g/mol. The van der Waals surface area contributed by atoms with Crippen molar-refractivity contribution in [2.24, 2.45) is 0 Å². The SMILES string of the molecule is COCOc1ccc([C@@]2(C)CSc3cc(OCOC)ccc3[C@H]2CCCOc2ccc(OCCSCCCC(F)(F)C(F)(F)F)cc2)cc1.C[C@]1(c2ccc(O)cc2)CSc2cc(O)ccc2[C@H]1CCCOc1ccc(OCCSCCCC(F)(F)C(F)(F)F)cc1. The number of hydrogen-bond donors (Lipinski definition) is 2. The molecule has 0 bridgehead atoms. The number of phenolic OH excluding ortho intramolecular Hbond substituents is 2. The highest BCUT2D eigenvalue weighted by Gasteiger charge is 2.57. The molecule has 92 heavy (non-hydrogen) atoms. The monoisotopic (exact) mass is 1370 g/mol. The molecule has 6 aromatic carbocycles. The van der Waals surface area contributed by atoms with Gasteiger partial charge < -0.3 is 48.1 Å². The van der Waals surface area contributed by atoms with E-state index in [4.69, 9.17) is 37.9 Å². The molecule has 2 N–H and O–H groups in total. The predicted octanol–water partition coefficient (Wildman–Crippen LogP) is 18.9. The van der Waals surface area contributed by atoms with Crippen LogP contribution in [-0.2, 0) is 20.3 Å². The molecule has 0 amide bonds. The number of hydrogen-bond acceptors (Lipinski definition) is 14. The van der Waals surface area contributed by atoms with Crippen molar-refractivity contribution >= 4 is 47.0 Å². The average molecular weight is 1370 g/mol. The summed E-state index contributed by atoms with van der Waals surface area (Å²) in [6.45, 7) is 6.59. The van der Waals surface area contributed by atoms with E-state index in [-0.39, 0.29) is 72.1 Å². The third kappa shape index (κ3) is 21.2. The number of thioether (sulfide) groups is 4. The molecule has 2 heterocycles. The smallest absolute Gasteiger partial charge is 0.453 e. The molecule has 0 fully saturated rings. The van der Waals surface area contributed by atoms with Crippen LogP contribution in [-0.4, -0.2) is 123 Å². The first-order valence-corrected chi connectivity index (χ1v) is 34.3. The number of ether oxygens (including phenoxy) is 8. The van der Waals surface area contributed by atoms with Crippen LogP contribution in [0.4, 0.5) is 43.9 Å². The molecule has 6 aromatic rings. The molecule has 0 aromatic heterocycles. The van der Waals surface area contributed by atoms with Crippen molar-refractivity contribution in [1.82, 2.24) is 0 Å². The lowest BCUT2D eigenvalue weighted by Crippen LogP contribution is -2.36. The standard InChI is InChI=1S/C36H43F5O6S2.C32H35F5O4S2/c1-34(26-7-9-29(10-8-26)46-24-42-2)23-49-33-22-30(47-25-43-3)15-16-31(33)32(34)6-4-18-44-27-11-13-28(14-12-27)45-19-21-48-20-5-17-35(37,38)36(39,40)41;1-30(22-5-7-23(38)8-6-22)21-43-29-20-24(39)9-14-27(29)28(30)4-2-16-40-25-10-12-26(13-11-25)41-17-19-42-18-3-15-31(33,34)32(35,36)37/h7-16,22,32H,4-6,17-21,23-25H2,1-3H3;5-14,20,28,38-39H,2-4,15-19,21H2,1H3/t32-,34-;28-,30-/m11/s1. The molecule has 0 radical (unpaired) electrons. The second-order valence-electron chi connectivity index (χ2n) is 22.6. The minimum atomic E-state index is -5.50. The number of alkyl halides is 10. The topological polar surface area (TPSA) is 114 Å². The van der Waals surface area contributed by atoms with E-state index < -0.39 is 37.0 Å². The average Bonchev–Trinajstić information content (AvgIpc) is 0.762. The van der Waals surface area contributed by atoms with Crippen LogP contribution in [0.15, 0.2) is 143 Å². The molecule has 504 valence electrons. The number of methoxy groups -OCH3 is 2. The third-order valence-corrected chi connectivity index (χ3v) is 20.8. The summed E-state index contributed by atoms with van der Waals surface area (Å²) in [5, 5.41) is 19.8. The fourth-order valence-corrected chi connectivity index (χ4v) is 15.1. The van der Waals surface area contributed by atoms with Crippen LogP contribution in [0.1, 0.15) is 99.3 Å². The van der Waals surface area contributed by atoms with E-state index in [0.29, 0.717) is 60.9 Å². The summed E-state index contributed by atoms with van der Waals surface area (Å²) in [4.78, 5) is 2.29. The second-order valence-corrected chi connectivity index (χ2v) is 27.1. The Bertz CT molecular complexity index is 3160. The van der Waals surface area contributed by atoms with Crippen molar-refractivity contribution in [3.8, 4) is 46.0 Å². The number of aromatic hydroxyl groups is 2. The van der Waals surface area contributed by atoms with Gasteiger partial charge in [-0.3, -0.25) is 0 Å². The van der Waals surface area contributed by atoms with E-state index in [9.17, 15) is 54.1 Å². The molecule has 0 spiro atoms. The molecule has 0 saturated carbocycles. The quantitative estimate of drug-likeness (QED) is 0.0227. The normalized spacial score (nSPS) is 18.2. The Balaban J connectivity index is 0.000000263. The highest BCUT2D eigenvalue weighted by Crippen LogP contribution is 2.54. The Labute approximate surface area is 548 Å². The maximum atomic E-state index is 13.0. The van der Waals surface area contributed by atoms with Gasteiger partial charge in [-0.2, -0.15) is 67.4 Å². The van der Waals surface area contributed by atoms with Gasteiger partial charge in [0.15, 0.2) is 13.6 Å². The van der Waals surface area contributed by atoms with Crippen molar-refractivity contribution in [1.29, 1.82) is 0 Å². The van der Waals surface area contributed by atoms with Gasteiger partial charge in [0, 0.05) is 70.7 Å². The fourth-order valence-electron chi connectivity index (χ4n) is 10.8. The molecule has 4 atom stereocenters. The molecule has 8 rings (SSSR count). The molecule has 0 aliphatic carbocycles.